The number of hydrogen-bond acceptors (Lipinski definition) is 5. The normalized spacial score (nSPS) is 10.6. The van der Waals surface area contributed by atoms with Crippen molar-refractivity contribution in [2.75, 3.05) is 6.61 Å². The van der Waals surface area contributed by atoms with Crippen molar-refractivity contribution in [2.45, 2.75) is 27.2 Å². The zero-order valence-electron chi connectivity index (χ0n) is 10.6. The van der Waals surface area contributed by atoms with Crippen LogP contribution in [0, 0.1) is 6.92 Å². The summed E-state index contributed by atoms with van der Waals surface area (Å²) in [4.78, 5) is 15.9. The number of aromatic nitrogens is 1. The molecule has 96 valence electrons. The lowest BCUT2D eigenvalue weighted by Crippen LogP contribution is -2.04. The Labute approximate surface area is 105 Å². The topological polar surface area (TPSA) is 65.5 Å². The van der Waals surface area contributed by atoms with Crippen molar-refractivity contribution in [2.24, 2.45) is 0 Å². The van der Waals surface area contributed by atoms with Gasteiger partial charge in [-0.05, 0) is 19.9 Å². The second kappa shape index (κ2) is 5.08. The summed E-state index contributed by atoms with van der Waals surface area (Å²) in [6, 6.07) is 1.78. The maximum Gasteiger partial charge on any atom is 0.376 e. The van der Waals surface area contributed by atoms with Crippen LogP contribution in [0.15, 0.2) is 21.2 Å². The number of carbonyl (C=O) groups excluding carboxylic acids is 1. The van der Waals surface area contributed by atoms with Gasteiger partial charge in [0.15, 0.2) is 0 Å². The number of carbonyl (C=O) groups is 1. The van der Waals surface area contributed by atoms with Gasteiger partial charge in [0.2, 0.25) is 11.7 Å². The Morgan fingerprint density at radius 3 is 2.89 bits per heavy atom. The predicted molar refractivity (Wildman–Crippen MR) is 64.3 cm³/mol. The number of ether oxygens (including phenoxy) is 1. The van der Waals surface area contributed by atoms with E-state index in [-0.39, 0.29) is 5.76 Å². The highest BCUT2D eigenvalue weighted by Crippen LogP contribution is 2.26. The van der Waals surface area contributed by atoms with Gasteiger partial charge in [0.05, 0.1) is 24.1 Å². The molecule has 0 amide bonds. The maximum atomic E-state index is 11.6. The van der Waals surface area contributed by atoms with Crippen LogP contribution in [-0.2, 0) is 11.2 Å². The molecular formula is C13H15NO4. The van der Waals surface area contributed by atoms with E-state index in [9.17, 15) is 4.79 Å². The molecule has 0 fully saturated rings. The van der Waals surface area contributed by atoms with Crippen molar-refractivity contribution < 1.29 is 18.4 Å². The highest BCUT2D eigenvalue weighted by Gasteiger charge is 2.21. The first-order valence-electron chi connectivity index (χ1n) is 5.88. The van der Waals surface area contributed by atoms with Crippen LogP contribution in [0.5, 0.6) is 0 Å². The Hall–Kier alpha value is -2.04. The first-order valence-corrected chi connectivity index (χ1v) is 5.88. The van der Waals surface area contributed by atoms with Gasteiger partial charge in [-0.1, -0.05) is 6.92 Å². The minimum Gasteiger partial charge on any atom is -0.469 e. The van der Waals surface area contributed by atoms with Gasteiger partial charge < -0.3 is 13.6 Å². The van der Waals surface area contributed by atoms with E-state index < -0.39 is 5.97 Å². The Balaban J connectivity index is 2.37. The van der Waals surface area contributed by atoms with Gasteiger partial charge in [0.1, 0.15) is 5.76 Å². The fraction of sp³-hybridized carbons (Fsp3) is 0.385. The Kier molecular flexibility index (Phi) is 3.50. The highest BCUT2D eigenvalue weighted by molar-refractivity contribution is 5.87. The summed E-state index contributed by atoms with van der Waals surface area (Å²) in [5.74, 6) is 0.832. The Morgan fingerprint density at radius 2 is 2.22 bits per heavy atom. The largest absolute Gasteiger partial charge is 0.469 e. The van der Waals surface area contributed by atoms with Crippen molar-refractivity contribution >= 4 is 5.97 Å². The molecule has 0 N–H and O–H groups in total. The molecule has 0 aromatic carbocycles. The van der Waals surface area contributed by atoms with Crippen LogP contribution < -0.4 is 0 Å². The quantitative estimate of drug-likeness (QED) is 0.779. The average molecular weight is 249 g/mol. The van der Waals surface area contributed by atoms with E-state index in [1.807, 2.05) is 6.92 Å². The van der Waals surface area contributed by atoms with Gasteiger partial charge >= 0.3 is 5.97 Å². The van der Waals surface area contributed by atoms with E-state index in [2.05, 4.69) is 4.98 Å². The van der Waals surface area contributed by atoms with Gasteiger partial charge in [-0.15, -0.1) is 0 Å². The Bertz CT molecular complexity index is 553. The number of hydrogen-bond donors (Lipinski definition) is 0. The standard InChI is InChI=1S/C13H15NO4/c1-4-10-9(6-7-17-10)12-14-8(3)11(18-12)13(15)16-5-2/h6-7H,4-5H2,1-3H3. The third kappa shape index (κ3) is 2.16. The molecule has 2 aromatic heterocycles. The van der Waals surface area contributed by atoms with Gasteiger partial charge in [-0.2, -0.15) is 0 Å². The van der Waals surface area contributed by atoms with Crippen molar-refractivity contribution in [3.8, 4) is 11.5 Å². The molecule has 2 rings (SSSR count). The van der Waals surface area contributed by atoms with Crippen LogP contribution in [0.3, 0.4) is 0 Å². The lowest BCUT2D eigenvalue weighted by molar-refractivity contribution is 0.0490. The van der Waals surface area contributed by atoms with Gasteiger partial charge in [0.25, 0.3) is 0 Å². The first kappa shape index (κ1) is 12.4. The van der Waals surface area contributed by atoms with Gasteiger partial charge in [-0.25, -0.2) is 9.78 Å². The summed E-state index contributed by atoms with van der Waals surface area (Å²) in [5.41, 5.74) is 1.29. The molecule has 0 aliphatic heterocycles. The summed E-state index contributed by atoms with van der Waals surface area (Å²) in [6.45, 7) is 5.74. The lowest BCUT2D eigenvalue weighted by Gasteiger charge is -1.97. The molecule has 2 heterocycles. The fourth-order valence-electron chi connectivity index (χ4n) is 1.70. The molecule has 5 nitrogen and oxygen atoms in total. The van der Waals surface area contributed by atoms with E-state index in [1.54, 1.807) is 26.2 Å². The number of oxazole rings is 1. The van der Waals surface area contributed by atoms with Crippen LogP contribution in [0.4, 0.5) is 0 Å². The number of esters is 1. The number of rotatable bonds is 4. The smallest absolute Gasteiger partial charge is 0.376 e. The minimum atomic E-state index is -0.490. The van der Waals surface area contributed by atoms with E-state index in [0.29, 0.717) is 18.2 Å². The molecule has 0 spiro atoms. The number of aryl methyl sites for hydroxylation is 2. The average Bonchev–Trinajstić information content (AvgIpc) is 2.94. The number of furan rings is 1. The summed E-state index contributed by atoms with van der Waals surface area (Å²) in [6.07, 6.45) is 2.32. The zero-order valence-corrected chi connectivity index (χ0v) is 10.6. The van der Waals surface area contributed by atoms with Crippen LogP contribution in [0.2, 0.25) is 0 Å². The molecule has 0 aliphatic rings. The van der Waals surface area contributed by atoms with E-state index >= 15 is 0 Å². The van der Waals surface area contributed by atoms with Gasteiger partial charge in [0, 0.05) is 6.42 Å². The maximum absolute atomic E-state index is 11.6. The minimum absolute atomic E-state index is 0.148. The van der Waals surface area contributed by atoms with E-state index in [4.69, 9.17) is 13.6 Å². The second-order valence-corrected chi connectivity index (χ2v) is 3.77. The monoisotopic (exact) mass is 249 g/mol. The summed E-state index contributed by atoms with van der Waals surface area (Å²) >= 11 is 0. The molecule has 0 unspecified atom stereocenters. The number of nitrogens with zero attached hydrogens (tertiary/aromatic N) is 1. The van der Waals surface area contributed by atoms with Crippen LogP contribution in [0.25, 0.3) is 11.5 Å². The molecule has 2 aromatic rings. The summed E-state index contributed by atoms with van der Waals surface area (Å²) in [7, 11) is 0. The van der Waals surface area contributed by atoms with Crippen molar-refractivity contribution in [1.29, 1.82) is 0 Å². The third-order valence-corrected chi connectivity index (χ3v) is 2.55. The SMILES string of the molecule is CCOC(=O)c1oc(-c2ccoc2CC)nc1C. The predicted octanol–water partition coefficient (Wildman–Crippen LogP) is 2.98. The summed E-state index contributed by atoms with van der Waals surface area (Å²) in [5, 5.41) is 0. The Morgan fingerprint density at radius 1 is 1.44 bits per heavy atom. The van der Waals surface area contributed by atoms with E-state index in [1.165, 1.54) is 0 Å². The van der Waals surface area contributed by atoms with Crippen molar-refractivity contribution in [3.63, 3.8) is 0 Å². The van der Waals surface area contributed by atoms with Crippen molar-refractivity contribution in [3.05, 3.63) is 29.5 Å². The first-order chi connectivity index (χ1) is 8.67. The molecule has 0 atom stereocenters. The zero-order chi connectivity index (χ0) is 13.1. The fourth-order valence-corrected chi connectivity index (χ4v) is 1.70. The van der Waals surface area contributed by atoms with Gasteiger partial charge in [-0.3, -0.25) is 0 Å². The molecule has 5 heteroatoms. The second-order valence-electron chi connectivity index (χ2n) is 3.77. The molecule has 0 saturated carbocycles. The molecular weight excluding hydrogens is 234 g/mol. The van der Waals surface area contributed by atoms with E-state index in [0.717, 1.165) is 17.7 Å². The lowest BCUT2D eigenvalue weighted by atomic mass is 10.2. The molecule has 0 bridgehead atoms. The molecule has 0 aliphatic carbocycles. The van der Waals surface area contributed by atoms with Crippen molar-refractivity contribution in [1.82, 2.24) is 4.98 Å². The van der Waals surface area contributed by atoms with Crippen LogP contribution >= 0.6 is 0 Å². The highest BCUT2D eigenvalue weighted by atomic mass is 16.5. The third-order valence-electron chi connectivity index (χ3n) is 2.55. The molecule has 0 saturated heterocycles. The van der Waals surface area contributed by atoms with Crippen LogP contribution in [-0.4, -0.2) is 17.6 Å². The summed E-state index contributed by atoms with van der Waals surface area (Å²) < 4.78 is 15.7. The molecule has 18 heavy (non-hydrogen) atoms. The molecule has 0 radical (unpaired) electrons. The van der Waals surface area contributed by atoms with Crippen LogP contribution in [0.1, 0.15) is 35.9 Å².